The van der Waals surface area contributed by atoms with Crippen LogP contribution >= 0.6 is 0 Å². The number of para-hydroxylation sites is 1. The first-order valence-electron chi connectivity index (χ1n) is 9.31. The Labute approximate surface area is 169 Å². The van der Waals surface area contributed by atoms with Crippen LogP contribution in [-0.2, 0) is 0 Å². The summed E-state index contributed by atoms with van der Waals surface area (Å²) in [5, 5.41) is 4.77. The van der Waals surface area contributed by atoms with Gasteiger partial charge in [0.15, 0.2) is 5.78 Å². The topological polar surface area (TPSA) is 44.1 Å². The number of aromatic nitrogens is 2. The van der Waals surface area contributed by atoms with E-state index in [1.54, 1.807) is 13.2 Å². The van der Waals surface area contributed by atoms with Crippen molar-refractivity contribution in [3.63, 3.8) is 0 Å². The second-order valence-electron chi connectivity index (χ2n) is 6.51. The molecule has 142 valence electrons. The lowest BCUT2D eigenvalue weighted by molar-refractivity contribution is 0.104. The summed E-state index contributed by atoms with van der Waals surface area (Å²) in [6.45, 7) is 0. The van der Waals surface area contributed by atoms with Crippen LogP contribution in [0.2, 0.25) is 0 Å². The minimum atomic E-state index is -0.0428. The number of benzene rings is 3. The van der Waals surface area contributed by atoms with Gasteiger partial charge in [0, 0.05) is 22.9 Å². The fourth-order valence-electron chi connectivity index (χ4n) is 3.06. The number of hydrogen-bond donors (Lipinski definition) is 0. The van der Waals surface area contributed by atoms with Gasteiger partial charge in [0.2, 0.25) is 0 Å². The van der Waals surface area contributed by atoms with E-state index in [2.05, 4.69) is 0 Å². The Morgan fingerprint density at radius 2 is 1.55 bits per heavy atom. The molecule has 1 aromatic heterocycles. The Morgan fingerprint density at radius 3 is 2.21 bits per heavy atom. The molecular formula is C25H20N2O2. The summed E-state index contributed by atoms with van der Waals surface area (Å²) in [5.74, 6) is 0.742. The SMILES string of the molecule is COc1ccc(-c2nn(-c3ccccc3)cc2C=CC(=O)c2ccccc2)cc1. The first-order valence-corrected chi connectivity index (χ1v) is 9.31. The average molecular weight is 380 g/mol. The number of allylic oxidation sites excluding steroid dienone is 1. The van der Waals surface area contributed by atoms with Crippen LogP contribution in [0, 0.1) is 0 Å². The van der Waals surface area contributed by atoms with Gasteiger partial charge in [-0.05, 0) is 48.6 Å². The molecule has 0 atom stereocenters. The van der Waals surface area contributed by atoms with Crippen molar-refractivity contribution in [2.45, 2.75) is 0 Å². The third-order valence-corrected chi connectivity index (χ3v) is 4.60. The van der Waals surface area contributed by atoms with Crippen LogP contribution in [0.3, 0.4) is 0 Å². The zero-order valence-electron chi connectivity index (χ0n) is 16.0. The van der Waals surface area contributed by atoms with Gasteiger partial charge in [-0.2, -0.15) is 5.10 Å². The van der Waals surface area contributed by atoms with Crippen LogP contribution in [0.15, 0.2) is 97.2 Å². The first kappa shape index (κ1) is 18.4. The maximum Gasteiger partial charge on any atom is 0.185 e. The molecule has 4 nitrogen and oxygen atoms in total. The smallest absolute Gasteiger partial charge is 0.185 e. The lowest BCUT2D eigenvalue weighted by atomic mass is 10.1. The quantitative estimate of drug-likeness (QED) is 0.330. The number of ether oxygens (including phenoxy) is 1. The molecule has 0 N–H and O–H groups in total. The van der Waals surface area contributed by atoms with Gasteiger partial charge in [-0.15, -0.1) is 0 Å². The highest BCUT2D eigenvalue weighted by atomic mass is 16.5. The molecule has 3 aromatic carbocycles. The summed E-state index contributed by atoms with van der Waals surface area (Å²) >= 11 is 0. The molecule has 0 saturated carbocycles. The van der Waals surface area contributed by atoms with Crippen LogP contribution in [0.1, 0.15) is 15.9 Å². The van der Waals surface area contributed by atoms with Crippen molar-refractivity contribution >= 4 is 11.9 Å². The van der Waals surface area contributed by atoms with Crippen LogP contribution in [0.5, 0.6) is 5.75 Å². The zero-order valence-corrected chi connectivity index (χ0v) is 16.0. The van der Waals surface area contributed by atoms with Crippen LogP contribution in [0.4, 0.5) is 0 Å². The predicted molar refractivity (Wildman–Crippen MR) is 115 cm³/mol. The number of hydrogen-bond acceptors (Lipinski definition) is 3. The minimum absolute atomic E-state index is 0.0428. The molecule has 0 spiro atoms. The van der Waals surface area contributed by atoms with E-state index >= 15 is 0 Å². The summed E-state index contributed by atoms with van der Waals surface area (Å²) in [5.41, 5.74) is 4.23. The Kier molecular flexibility index (Phi) is 5.34. The molecule has 0 unspecified atom stereocenters. The van der Waals surface area contributed by atoms with E-state index in [1.165, 1.54) is 0 Å². The summed E-state index contributed by atoms with van der Waals surface area (Å²) in [6.07, 6.45) is 5.35. The number of nitrogens with zero attached hydrogens (tertiary/aromatic N) is 2. The van der Waals surface area contributed by atoms with Crippen molar-refractivity contribution in [2.24, 2.45) is 0 Å². The maximum absolute atomic E-state index is 12.5. The molecule has 29 heavy (non-hydrogen) atoms. The summed E-state index contributed by atoms with van der Waals surface area (Å²) in [4.78, 5) is 12.5. The third-order valence-electron chi connectivity index (χ3n) is 4.60. The van der Waals surface area contributed by atoms with Gasteiger partial charge >= 0.3 is 0 Å². The van der Waals surface area contributed by atoms with Crippen molar-refractivity contribution in [3.8, 4) is 22.7 Å². The molecule has 0 aliphatic heterocycles. The minimum Gasteiger partial charge on any atom is -0.497 e. The number of ketones is 1. The van der Waals surface area contributed by atoms with Gasteiger partial charge in [-0.3, -0.25) is 4.79 Å². The fourth-order valence-corrected chi connectivity index (χ4v) is 3.06. The molecule has 1 heterocycles. The van der Waals surface area contributed by atoms with Gasteiger partial charge in [-0.1, -0.05) is 48.5 Å². The van der Waals surface area contributed by atoms with Gasteiger partial charge < -0.3 is 4.74 Å². The highest BCUT2D eigenvalue weighted by Gasteiger charge is 2.11. The van der Waals surface area contributed by atoms with E-state index in [0.717, 1.165) is 28.3 Å². The molecule has 0 fully saturated rings. The molecule has 4 rings (SSSR count). The Balaban J connectivity index is 1.73. The first-order chi connectivity index (χ1) is 14.2. The zero-order chi connectivity index (χ0) is 20.1. The van der Waals surface area contributed by atoms with Gasteiger partial charge in [-0.25, -0.2) is 4.68 Å². The Bertz CT molecular complexity index is 1130. The average Bonchev–Trinajstić information content (AvgIpc) is 3.23. The Morgan fingerprint density at radius 1 is 0.897 bits per heavy atom. The number of carbonyl (C=O) groups excluding carboxylic acids is 1. The van der Waals surface area contributed by atoms with E-state index in [-0.39, 0.29) is 5.78 Å². The second-order valence-corrected chi connectivity index (χ2v) is 6.51. The molecule has 0 radical (unpaired) electrons. The lowest BCUT2D eigenvalue weighted by Gasteiger charge is -2.02. The van der Waals surface area contributed by atoms with Gasteiger partial charge in [0.05, 0.1) is 18.5 Å². The normalized spacial score (nSPS) is 10.9. The van der Waals surface area contributed by atoms with Crippen molar-refractivity contribution in [1.82, 2.24) is 9.78 Å². The van der Waals surface area contributed by atoms with E-state index in [1.807, 2.05) is 102 Å². The van der Waals surface area contributed by atoms with E-state index in [4.69, 9.17) is 9.84 Å². The highest BCUT2D eigenvalue weighted by Crippen LogP contribution is 2.27. The Hall–Kier alpha value is -3.92. The number of carbonyl (C=O) groups is 1. The molecule has 4 heteroatoms. The molecule has 0 aliphatic rings. The van der Waals surface area contributed by atoms with Crippen molar-refractivity contribution in [2.75, 3.05) is 7.11 Å². The monoisotopic (exact) mass is 380 g/mol. The number of methoxy groups -OCH3 is 1. The standard InChI is InChI=1S/C25H20N2O2/c1-29-23-15-12-20(13-16-23)25-21(14-17-24(28)19-8-4-2-5-9-19)18-27(26-25)22-10-6-3-7-11-22/h2-18H,1H3. The molecule has 0 amide bonds. The molecule has 0 saturated heterocycles. The van der Waals surface area contributed by atoms with E-state index in [0.29, 0.717) is 5.56 Å². The largest absolute Gasteiger partial charge is 0.497 e. The molecule has 0 aliphatic carbocycles. The summed E-state index contributed by atoms with van der Waals surface area (Å²) < 4.78 is 7.08. The van der Waals surface area contributed by atoms with Gasteiger partial charge in [0.1, 0.15) is 5.75 Å². The van der Waals surface area contributed by atoms with E-state index in [9.17, 15) is 4.79 Å². The van der Waals surface area contributed by atoms with Crippen LogP contribution in [-0.4, -0.2) is 22.7 Å². The summed E-state index contributed by atoms with van der Waals surface area (Å²) in [7, 11) is 1.64. The maximum atomic E-state index is 12.5. The molecular weight excluding hydrogens is 360 g/mol. The predicted octanol–water partition coefficient (Wildman–Crippen LogP) is 5.44. The van der Waals surface area contributed by atoms with Crippen molar-refractivity contribution in [3.05, 3.63) is 108 Å². The summed E-state index contributed by atoms with van der Waals surface area (Å²) in [6, 6.07) is 26.9. The van der Waals surface area contributed by atoms with E-state index < -0.39 is 0 Å². The molecule has 0 bridgehead atoms. The van der Waals surface area contributed by atoms with Crippen LogP contribution in [0.25, 0.3) is 23.0 Å². The third kappa shape index (κ3) is 4.17. The van der Waals surface area contributed by atoms with Crippen molar-refractivity contribution in [1.29, 1.82) is 0 Å². The number of rotatable bonds is 6. The highest BCUT2D eigenvalue weighted by molar-refractivity contribution is 6.07. The van der Waals surface area contributed by atoms with Crippen LogP contribution < -0.4 is 4.74 Å². The molecule has 4 aromatic rings. The second kappa shape index (κ2) is 8.40. The van der Waals surface area contributed by atoms with Gasteiger partial charge in [0.25, 0.3) is 0 Å². The fraction of sp³-hybridized carbons (Fsp3) is 0.0400. The van der Waals surface area contributed by atoms with Crippen molar-refractivity contribution < 1.29 is 9.53 Å². The lowest BCUT2D eigenvalue weighted by Crippen LogP contribution is -1.94.